The lowest BCUT2D eigenvalue weighted by molar-refractivity contribution is 0.0719. The average Bonchev–Trinajstić information content (AvgIpc) is 2.48. The fraction of sp³-hybridized carbons (Fsp3) is 0.667. The molecule has 0 spiro atoms. The molecule has 0 saturated carbocycles. The Kier molecular flexibility index (Phi) is 4.63. The number of fused-ring (bicyclic) bond motifs is 1. The summed E-state index contributed by atoms with van der Waals surface area (Å²) < 4.78 is 0. The summed E-state index contributed by atoms with van der Waals surface area (Å²) in [5.41, 5.74) is 9.41. The van der Waals surface area contributed by atoms with E-state index in [4.69, 9.17) is 5.73 Å². The minimum atomic E-state index is 0.187. The van der Waals surface area contributed by atoms with Gasteiger partial charge in [0, 0.05) is 44.8 Å². The van der Waals surface area contributed by atoms with Crippen LogP contribution >= 0.6 is 0 Å². The van der Waals surface area contributed by atoms with Gasteiger partial charge in [0.1, 0.15) is 0 Å². The van der Waals surface area contributed by atoms with E-state index in [0.717, 1.165) is 5.92 Å². The second-order valence-corrected chi connectivity index (χ2v) is 7.06. The van der Waals surface area contributed by atoms with Gasteiger partial charge >= 0.3 is 0 Å². The van der Waals surface area contributed by atoms with Crippen LogP contribution in [-0.2, 0) is 6.42 Å². The Labute approximate surface area is 129 Å². The molecule has 1 fully saturated rings. The summed E-state index contributed by atoms with van der Waals surface area (Å²) in [7, 11) is 0. The van der Waals surface area contributed by atoms with Crippen LogP contribution in [0.15, 0.2) is 24.3 Å². The van der Waals surface area contributed by atoms with Crippen LogP contribution in [0, 0.1) is 5.92 Å². The van der Waals surface area contributed by atoms with Crippen molar-refractivity contribution in [3.8, 4) is 0 Å². The zero-order valence-corrected chi connectivity index (χ0v) is 13.5. The maximum atomic E-state index is 6.58. The van der Waals surface area contributed by atoms with E-state index in [0.29, 0.717) is 6.04 Å². The molecular formula is C18H29N3. The van der Waals surface area contributed by atoms with Gasteiger partial charge in [-0.2, -0.15) is 0 Å². The van der Waals surface area contributed by atoms with Gasteiger partial charge in [0.15, 0.2) is 0 Å². The van der Waals surface area contributed by atoms with Crippen molar-refractivity contribution >= 4 is 0 Å². The number of rotatable bonds is 3. The van der Waals surface area contributed by atoms with Crippen LogP contribution in [0.3, 0.4) is 0 Å². The first-order valence-electron chi connectivity index (χ1n) is 8.45. The van der Waals surface area contributed by atoms with Crippen LogP contribution in [-0.4, -0.2) is 48.6 Å². The summed E-state index contributed by atoms with van der Waals surface area (Å²) in [6, 6.07) is 9.44. The largest absolute Gasteiger partial charge is 0.323 e. The quantitative estimate of drug-likeness (QED) is 0.926. The molecule has 21 heavy (non-hydrogen) atoms. The van der Waals surface area contributed by atoms with Gasteiger partial charge in [-0.1, -0.05) is 38.1 Å². The molecular weight excluding hydrogens is 258 g/mol. The fourth-order valence-corrected chi connectivity index (χ4v) is 3.98. The van der Waals surface area contributed by atoms with E-state index >= 15 is 0 Å². The van der Waals surface area contributed by atoms with E-state index in [1.807, 2.05) is 0 Å². The fourth-order valence-electron chi connectivity index (χ4n) is 3.98. The van der Waals surface area contributed by atoms with Crippen LogP contribution in [0.1, 0.15) is 37.4 Å². The van der Waals surface area contributed by atoms with E-state index < -0.39 is 0 Å². The van der Waals surface area contributed by atoms with Crippen molar-refractivity contribution in [2.45, 2.75) is 38.8 Å². The molecule has 116 valence electrons. The molecule has 2 aliphatic rings. The van der Waals surface area contributed by atoms with Crippen molar-refractivity contribution in [2.24, 2.45) is 11.7 Å². The van der Waals surface area contributed by atoms with E-state index in [9.17, 15) is 0 Å². The number of benzene rings is 1. The van der Waals surface area contributed by atoms with Crippen molar-refractivity contribution in [3.63, 3.8) is 0 Å². The highest BCUT2D eigenvalue weighted by Crippen LogP contribution is 2.31. The standard InChI is InChI=1S/C18H29N3/c1-14(2)13-20-9-11-21(12-10-20)17-8-7-15-5-3-4-6-16(15)18(17)19/h3-6,14,17-18H,7-13,19H2,1-2H3. The van der Waals surface area contributed by atoms with Gasteiger partial charge in [0.25, 0.3) is 0 Å². The Balaban J connectivity index is 1.62. The van der Waals surface area contributed by atoms with Crippen LogP contribution in [0.25, 0.3) is 0 Å². The SMILES string of the molecule is CC(C)CN1CCN(C2CCc3ccccc3C2N)CC1. The first kappa shape index (κ1) is 15.0. The minimum Gasteiger partial charge on any atom is -0.323 e. The first-order valence-corrected chi connectivity index (χ1v) is 8.45. The molecule has 0 amide bonds. The summed E-state index contributed by atoms with van der Waals surface area (Å²) >= 11 is 0. The summed E-state index contributed by atoms with van der Waals surface area (Å²) in [5.74, 6) is 0.764. The lowest BCUT2D eigenvalue weighted by atomic mass is 9.83. The van der Waals surface area contributed by atoms with E-state index in [2.05, 4.69) is 47.9 Å². The second-order valence-electron chi connectivity index (χ2n) is 7.06. The van der Waals surface area contributed by atoms with Crippen LogP contribution in [0.2, 0.25) is 0 Å². The Hall–Kier alpha value is -0.900. The molecule has 1 aliphatic carbocycles. The number of nitrogens with two attached hydrogens (primary N) is 1. The molecule has 1 aliphatic heterocycles. The van der Waals surface area contributed by atoms with E-state index in [1.165, 1.54) is 56.7 Å². The van der Waals surface area contributed by atoms with Crippen molar-refractivity contribution in [1.82, 2.24) is 9.80 Å². The van der Waals surface area contributed by atoms with Crippen LogP contribution < -0.4 is 5.73 Å². The van der Waals surface area contributed by atoms with Crippen molar-refractivity contribution in [1.29, 1.82) is 0 Å². The Morgan fingerprint density at radius 3 is 2.57 bits per heavy atom. The molecule has 1 saturated heterocycles. The van der Waals surface area contributed by atoms with Crippen molar-refractivity contribution < 1.29 is 0 Å². The third kappa shape index (κ3) is 3.31. The molecule has 3 rings (SSSR count). The number of piperazine rings is 1. The molecule has 1 heterocycles. The van der Waals surface area contributed by atoms with E-state index in [1.54, 1.807) is 0 Å². The smallest absolute Gasteiger partial charge is 0.0455 e. The van der Waals surface area contributed by atoms with Crippen LogP contribution in [0.5, 0.6) is 0 Å². The lowest BCUT2D eigenvalue weighted by Crippen LogP contribution is -2.54. The molecule has 3 heteroatoms. The Morgan fingerprint density at radius 1 is 1.14 bits per heavy atom. The third-order valence-electron chi connectivity index (χ3n) is 5.04. The Morgan fingerprint density at radius 2 is 1.86 bits per heavy atom. The zero-order chi connectivity index (χ0) is 14.8. The normalized spacial score (nSPS) is 27.8. The van der Waals surface area contributed by atoms with Crippen molar-refractivity contribution in [2.75, 3.05) is 32.7 Å². The number of hydrogen-bond donors (Lipinski definition) is 1. The maximum Gasteiger partial charge on any atom is 0.0455 e. The minimum absolute atomic E-state index is 0.187. The first-order chi connectivity index (χ1) is 10.1. The van der Waals surface area contributed by atoms with Crippen molar-refractivity contribution in [3.05, 3.63) is 35.4 Å². The number of nitrogens with zero attached hydrogens (tertiary/aromatic N) is 2. The third-order valence-corrected chi connectivity index (χ3v) is 5.04. The average molecular weight is 287 g/mol. The zero-order valence-electron chi connectivity index (χ0n) is 13.5. The summed E-state index contributed by atoms with van der Waals surface area (Å²) in [4.78, 5) is 5.24. The second kappa shape index (κ2) is 6.47. The molecule has 0 bridgehead atoms. The highest BCUT2D eigenvalue weighted by molar-refractivity contribution is 5.33. The number of hydrogen-bond acceptors (Lipinski definition) is 3. The molecule has 2 N–H and O–H groups in total. The number of aryl methyl sites for hydroxylation is 1. The summed E-state index contributed by atoms with van der Waals surface area (Å²) in [5, 5.41) is 0. The predicted octanol–water partition coefficient (Wildman–Crippen LogP) is 2.27. The van der Waals surface area contributed by atoms with Crippen LogP contribution in [0.4, 0.5) is 0 Å². The van der Waals surface area contributed by atoms with Gasteiger partial charge < -0.3 is 10.6 Å². The van der Waals surface area contributed by atoms with Gasteiger partial charge in [0.05, 0.1) is 0 Å². The lowest BCUT2D eigenvalue weighted by Gasteiger charge is -2.44. The molecule has 2 atom stereocenters. The molecule has 3 nitrogen and oxygen atoms in total. The molecule has 1 aromatic carbocycles. The van der Waals surface area contributed by atoms with Gasteiger partial charge in [0.2, 0.25) is 0 Å². The van der Waals surface area contributed by atoms with Gasteiger partial charge in [-0.25, -0.2) is 0 Å². The van der Waals surface area contributed by atoms with Gasteiger partial charge in [-0.15, -0.1) is 0 Å². The molecule has 1 aromatic rings. The summed E-state index contributed by atoms with van der Waals surface area (Å²) in [6.07, 6.45) is 2.39. The molecule has 0 radical (unpaired) electrons. The van der Waals surface area contributed by atoms with E-state index in [-0.39, 0.29) is 6.04 Å². The monoisotopic (exact) mass is 287 g/mol. The maximum absolute atomic E-state index is 6.58. The highest BCUT2D eigenvalue weighted by atomic mass is 15.3. The predicted molar refractivity (Wildman–Crippen MR) is 88.3 cm³/mol. The van der Waals surface area contributed by atoms with Gasteiger partial charge in [-0.3, -0.25) is 4.90 Å². The summed E-state index contributed by atoms with van der Waals surface area (Å²) in [6.45, 7) is 10.6. The molecule has 2 unspecified atom stereocenters. The van der Waals surface area contributed by atoms with Gasteiger partial charge in [-0.05, 0) is 29.9 Å². The topological polar surface area (TPSA) is 32.5 Å². The highest BCUT2D eigenvalue weighted by Gasteiger charge is 2.32. The Bertz CT molecular complexity index is 463. The molecule has 0 aromatic heterocycles.